The maximum absolute atomic E-state index is 12.0. The molecule has 15 heavy (non-hydrogen) atoms. The highest BCUT2D eigenvalue weighted by Gasteiger charge is 2.25. The first kappa shape index (κ1) is 10.6. The molecule has 1 fully saturated rings. The molecule has 0 aromatic heterocycles. The minimum Gasteiger partial charge on any atom is -0.365 e. The summed E-state index contributed by atoms with van der Waals surface area (Å²) in [6.07, 6.45) is 0.756. The maximum atomic E-state index is 12.0. The third kappa shape index (κ3) is 2.19. The van der Waals surface area contributed by atoms with Gasteiger partial charge in [0.05, 0.1) is 4.90 Å². The van der Waals surface area contributed by atoms with Crippen molar-refractivity contribution in [2.75, 3.05) is 19.9 Å². The molecule has 0 bridgehead atoms. The second kappa shape index (κ2) is 4.30. The molecule has 0 amide bonds. The number of sulfonamides is 1. The molecule has 0 spiro atoms. The van der Waals surface area contributed by atoms with E-state index in [1.165, 1.54) is 4.31 Å². The van der Waals surface area contributed by atoms with Crippen LogP contribution in [-0.4, -0.2) is 32.6 Å². The Morgan fingerprint density at radius 3 is 2.53 bits per heavy atom. The van der Waals surface area contributed by atoms with Crippen molar-refractivity contribution < 1.29 is 13.2 Å². The van der Waals surface area contributed by atoms with Crippen molar-refractivity contribution in [3.8, 4) is 0 Å². The van der Waals surface area contributed by atoms with E-state index in [-0.39, 0.29) is 6.73 Å². The molecule has 1 heterocycles. The number of rotatable bonds is 2. The predicted molar refractivity (Wildman–Crippen MR) is 55.8 cm³/mol. The van der Waals surface area contributed by atoms with Crippen molar-refractivity contribution in [3.05, 3.63) is 30.3 Å². The van der Waals surface area contributed by atoms with Gasteiger partial charge in [-0.2, -0.15) is 4.31 Å². The highest BCUT2D eigenvalue weighted by atomic mass is 32.2. The normalized spacial score (nSPS) is 18.9. The van der Waals surface area contributed by atoms with Gasteiger partial charge < -0.3 is 4.74 Å². The summed E-state index contributed by atoms with van der Waals surface area (Å²) >= 11 is 0. The number of hydrogen-bond acceptors (Lipinski definition) is 3. The van der Waals surface area contributed by atoms with Gasteiger partial charge in [0, 0.05) is 13.2 Å². The van der Waals surface area contributed by atoms with E-state index in [9.17, 15) is 8.42 Å². The van der Waals surface area contributed by atoms with Crippen LogP contribution in [0.15, 0.2) is 35.2 Å². The average molecular weight is 227 g/mol. The standard InChI is InChI=1S/C10H13NO3S/c12-15(13,10-5-2-1-3-6-10)11-7-4-8-14-9-11/h1-3,5-6H,4,7-9H2. The van der Waals surface area contributed by atoms with Gasteiger partial charge in [0.2, 0.25) is 10.0 Å². The Balaban J connectivity index is 2.26. The van der Waals surface area contributed by atoms with Gasteiger partial charge in [-0.3, -0.25) is 0 Å². The van der Waals surface area contributed by atoms with Crippen LogP contribution < -0.4 is 0 Å². The number of hydrogen-bond donors (Lipinski definition) is 0. The fourth-order valence-electron chi connectivity index (χ4n) is 1.50. The molecule has 1 aliphatic rings. The summed E-state index contributed by atoms with van der Waals surface area (Å²) in [5, 5.41) is 0. The van der Waals surface area contributed by atoms with Crippen LogP contribution in [0.5, 0.6) is 0 Å². The van der Waals surface area contributed by atoms with Crippen LogP contribution in [-0.2, 0) is 14.8 Å². The van der Waals surface area contributed by atoms with Crippen LogP contribution in [0, 0.1) is 0 Å². The zero-order chi connectivity index (χ0) is 10.7. The summed E-state index contributed by atoms with van der Waals surface area (Å²) in [6.45, 7) is 1.34. The molecule has 0 N–H and O–H groups in total. The van der Waals surface area contributed by atoms with Gasteiger partial charge >= 0.3 is 0 Å². The lowest BCUT2D eigenvalue weighted by atomic mass is 10.4. The molecule has 0 aliphatic carbocycles. The molecule has 0 atom stereocenters. The maximum Gasteiger partial charge on any atom is 0.245 e. The van der Waals surface area contributed by atoms with E-state index >= 15 is 0 Å². The first-order chi connectivity index (χ1) is 7.21. The minimum absolute atomic E-state index is 0.164. The molecule has 2 rings (SSSR count). The Hall–Kier alpha value is -0.910. The lowest BCUT2D eigenvalue weighted by Gasteiger charge is -2.25. The Morgan fingerprint density at radius 2 is 1.93 bits per heavy atom. The molecule has 0 saturated carbocycles. The van der Waals surface area contributed by atoms with Crippen LogP contribution in [0.1, 0.15) is 6.42 Å². The Morgan fingerprint density at radius 1 is 1.20 bits per heavy atom. The largest absolute Gasteiger partial charge is 0.365 e. The predicted octanol–water partition coefficient (Wildman–Crippen LogP) is 1.06. The van der Waals surface area contributed by atoms with Crippen LogP contribution in [0.2, 0.25) is 0 Å². The topological polar surface area (TPSA) is 46.6 Å². The first-order valence-electron chi connectivity index (χ1n) is 4.84. The van der Waals surface area contributed by atoms with Crippen molar-refractivity contribution in [2.24, 2.45) is 0 Å². The summed E-state index contributed by atoms with van der Waals surface area (Å²) in [5.41, 5.74) is 0. The summed E-state index contributed by atoms with van der Waals surface area (Å²) in [7, 11) is -3.35. The molecule has 1 saturated heterocycles. The van der Waals surface area contributed by atoms with Crippen LogP contribution in [0.4, 0.5) is 0 Å². The van der Waals surface area contributed by atoms with Crippen molar-refractivity contribution in [2.45, 2.75) is 11.3 Å². The second-order valence-electron chi connectivity index (χ2n) is 3.38. The van der Waals surface area contributed by atoms with Gasteiger partial charge in [-0.05, 0) is 18.6 Å². The summed E-state index contributed by atoms with van der Waals surface area (Å²) < 4.78 is 30.6. The Bertz CT molecular complexity index is 410. The van der Waals surface area contributed by atoms with E-state index in [2.05, 4.69) is 0 Å². The fourth-order valence-corrected chi connectivity index (χ4v) is 2.89. The van der Waals surface area contributed by atoms with Gasteiger partial charge in [-0.1, -0.05) is 18.2 Å². The molecule has 5 heteroatoms. The van der Waals surface area contributed by atoms with E-state index in [0.29, 0.717) is 18.0 Å². The zero-order valence-corrected chi connectivity index (χ0v) is 9.11. The Labute approximate surface area is 89.5 Å². The van der Waals surface area contributed by atoms with Crippen LogP contribution in [0.25, 0.3) is 0 Å². The SMILES string of the molecule is O=S(=O)(c1ccccc1)N1CCCOC1. The third-order valence-electron chi connectivity index (χ3n) is 2.31. The van der Waals surface area contributed by atoms with E-state index < -0.39 is 10.0 Å². The molecule has 1 aromatic rings. The lowest BCUT2D eigenvalue weighted by Crippen LogP contribution is -2.38. The van der Waals surface area contributed by atoms with Gasteiger partial charge in [-0.15, -0.1) is 0 Å². The van der Waals surface area contributed by atoms with E-state index in [1.54, 1.807) is 30.3 Å². The van der Waals surface area contributed by atoms with Gasteiger partial charge in [-0.25, -0.2) is 8.42 Å². The third-order valence-corrected chi connectivity index (χ3v) is 4.15. The zero-order valence-electron chi connectivity index (χ0n) is 8.30. The smallest absolute Gasteiger partial charge is 0.245 e. The monoisotopic (exact) mass is 227 g/mol. The van der Waals surface area contributed by atoms with Crippen molar-refractivity contribution >= 4 is 10.0 Å². The van der Waals surface area contributed by atoms with Crippen molar-refractivity contribution in [3.63, 3.8) is 0 Å². The van der Waals surface area contributed by atoms with Gasteiger partial charge in [0.15, 0.2) is 0 Å². The molecule has 1 aromatic carbocycles. The quantitative estimate of drug-likeness (QED) is 0.759. The van der Waals surface area contributed by atoms with E-state index in [4.69, 9.17) is 4.74 Å². The average Bonchev–Trinajstić information content (AvgIpc) is 2.31. The number of nitrogens with zero attached hydrogens (tertiary/aromatic N) is 1. The van der Waals surface area contributed by atoms with Gasteiger partial charge in [0.25, 0.3) is 0 Å². The summed E-state index contributed by atoms with van der Waals surface area (Å²) in [6, 6.07) is 8.44. The van der Waals surface area contributed by atoms with Crippen molar-refractivity contribution in [1.82, 2.24) is 4.31 Å². The van der Waals surface area contributed by atoms with Crippen LogP contribution >= 0.6 is 0 Å². The summed E-state index contributed by atoms with van der Waals surface area (Å²) in [5.74, 6) is 0. The lowest BCUT2D eigenvalue weighted by molar-refractivity contribution is 0.0313. The molecule has 0 radical (unpaired) electrons. The molecular formula is C10H13NO3S. The Kier molecular flexibility index (Phi) is 3.04. The highest BCUT2D eigenvalue weighted by molar-refractivity contribution is 7.89. The molecule has 82 valence electrons. The number of ether oxygens (including phenoxy) is 1. The van der Waals surface area contributed by atoms with E-state index in [0.717, 1.165) is 6.42 Å². The summed E-state index contributed by atoms with van der Waals surface area (Å²) in [4.78, 5) is 0.329. The molecular weight excluding hydrogens is 214 g/mol. The highest BCUT2D eigenvalue weighted by Crippen LogP contribution is 2.17. The number of benzene rings is 1. The van der Waals surface area contributed by atoms with Crippen molar-refractivity contribution in [1.29, 1.82) is 0 Å². The minimum atomic E-state index is -3.35. The fraction of sp³-hybridized carbons (Fsp3) is 0.400. The van der Waals surface area contributed by atoms with E-state index in [1.807, 2.05) is 0 Å². The molecule has 4 nitrogen and oxygen atoms in total. The second-order valence-corrected chi connectivity index (χ2v) is 5.32. The first-order valence-corrected chi connectivity index (χ1v) is 6.28. The van der Waals surface area contributed by atoms with Crippen LogP contribution in [0.3, 0.4) is 0 Å². The van der Waals surface area contributed by atoms with Gasteiger partial charge in [0.1, 0.15) is 6.73 Å². The molecule has 1 aliphatic heterocycles. The molecule has 0 unspecified atom stereocenters.